The van der Waals surface area contributed by atoms with E-state index in [0.29, 0.717) is 29.2 Å². The molecule has 1 aliphatic carbocycles. The predicted octanol–water partition coefficient (Wildman–Crippen LogP) is 6.35. The number of benzene rings is 3. The zero-order valence-electron chi connectivity index (χ0n) is 25.7. The highest BCUT2D eigenvalue weighted by Crippen LogP contribution is 2.35. The summed E-state index contributed by atoms with van der Waals surface area (Å²) in [5.41, 5.74) is 3.76. The molecule has 1 N–H and O–H groups in total. The summed E-state index contributed by atoms with van der Waals surface area (Å²) in [7, 11) is 0. The van der Waals surface area contributed by atoms with E-state index in [0.717, 1.165) is 41.7 Å². The number of nitrogens with one attached hydrogen (secondary N) is 1. The number of aromatic nitrogens is 2. The number of halogens is 3. The molecule has 0 saturated heterocycles. The fraction of sp³-hybridized carbons (Fsp3) is 0.286. The molecule has 4 aromatic rings. The van der Waals surface area contributed by atoms with Crippen LogP contribution in [0.1, 0.15) is 77.4 Å². The monoisotopic (exact) mass is 644 g/mol. The van der Waals surface area contributed by atoms with E-state index in [1.807, 2.05) is 32.0 Å². The number of imide groups is 1. The molecule has 1 aliphatic heterocycles. The summed E-state index contributed by atoms with van der Waals surface area (Å²) in [6, 6.07) is 15.8. The number of hydrogen-bond acceptors (Lipinski definition) is 7. The SMILES string of the molecule is Cc1ccc(C[C@H](CON2C(=O)c3ccccc3C2=O)NC(=O)c2c(Oc3cccc(C(F)(F)F)c3)nnc3c2CCCC3)c(C)c1. The van der Waals surface area contributed by atoms with Crippen LogP contribution in [-0.4, -0.2) is 45.6 Å². The summed E-state index contributed by atoms with van der Waals surface area (Å²) < 4.78 is 46.1. The zero-order chi connectivity index (χ0) is 33.3. The number of nitrogens with zero attached hydrogens (tertiary/aromatic N) is 3. The van der Waals surface area contributed by atoms with Crippen molar-refractivity contribution < 1.29 is 37.1 Å². The first kappa shape index (κ1) is 31.9. The van der Waals surface area contributed by atoms with Crippen molar-refractivity contribution >= 4 is 17.7 Å². The molecular weight excluding hydrogens is 613 g/mol. The fourth-order valence-electron chi connectivity index (χ4n) is 5.91. The number of hydroxylamine groups is 2. The molecule has 0 bridgehead atoms. The van der Waals surface area contributed by atoms with Gasteiger partial charge in [-0.3, -0.25) is 19.2 Å². The first-order chi connectivity index (χ1) is 22.5. The minimum Gasteiger partial charge on any atom is -0.437 e. The van der Waals surface area contributed by atoms with E-state index in [9.17, 15) is 27.6 Å². The van der Waals surface area contributed by atoms with Gasteiger partial charge in [0.15, 0.2) is 0 Å². The van der Waals surface area contributed by atoms with Gasteiger partial charge in [-0.1, -0.05) is 42.0 Å². The van der Waals surface area contributed by atoms with Gasteiger partial charge in [0, 0.05) is 0 Å². The lowest BCUT2D eigenvalue weighted by molar-refractivity contribution is -0.137. The smallest absolute Gasteiger partial charge is 0.416 e. The molecule has 6 rings (SSSR count). The maximum absolute atomic E-state index is 14.2. The van der Waals surface area contributed by atoms with Gasteiger partial charge in [-0.25, -0.2) is 0 Å². The summed E-state index contributed by atoms with van der Waals surface area (Å²) in [5, 5.41) is 12.0. The highest BCUT2D eigenvalue weighted by atomic mass is 19.4. The minimum absolute atomic E-state index is 0.0680. The number of carbonyl (C=O) groups is 3. The van der Waals surface area contributed by atoms with Gasteiger partial charge >= 0.3 is 6.18 Å². The fourth-order valence-corrected chi connectivity index (χ4v) is 5.91. The number of amides is 3. The van der Waals surface area contributed by atoms with Crippen LogP contribution >= 0.6 is 0 Å². The molecule has 242 valence electrons. The molecule has 9 nitrogen and oxygen atoms in total. The van der Waals surface area contributed by atoms with Gasteiger partial charge in [0.05, 0.1) is 35.0 Å². The lowest BCUT2D eigenvalue weighted by Gasteiger charge is -2.24. The second-order valence-electron chi connectivity index (χ2n) is 11.7. The number of fused-ring (bicyclic) bond motifs is 2. The molecule has 1 aromatic heterocycles. The van der Waals surface area contributed by atoms with Gasteiger partial charge in [0.2, 0.25) is 0 Å². The molecule has 3 aromatic carbocycles. The molecule has 47 heavy (non-hydrogen) atoms. The Hall–Kier alpha value is -5.10. The summed E-state index contributed by atoms with van der Waals surface area (Å²) >= 11 is 0. The zero-order valence-corrected chi connectivity index (χ0v) is 25.7. The van der Waals surface area contributed by atoms with Gasteiger partial charge < -0.3 is 10.1 Å². The molecule has 0 spiro atoms. The standard InChI is InChI=1S/C35H31F3N4O5/c1-20-14-15-22(21(2)16-20)17-24(19-46-42-33(44)26-10-3-4-11-27(26)34(42)45)39-31(43)30-28-12-5-6-13-29(28)40-41-32(30)47-25-9-7-8-23(18-25)35(36,37)38/h3-4,7-11,14-16,18,24H,5-6,12-13,17,19H2,1-2H3,(H,39,43)/t24-/m1/s1. The van der Waals surface area contributed by atoms with Crippen molar-refractivity contribution in [3.05, 3.63) is 117 Å². The maximum Gasteiger partial charge on any atom is 0.416 e. The quantitative estimate of drug-likeness (QED) is 0.211. The van der Waals surface area contributed by atoms with Crippen LogP contribution in [0.5, 0.6) is 11.6 Å². The van der Waals surface area contributed by atoms with Crippen LogP contribution in [0.4, 0.5) is 13.2 Å². The lowest BCUT2D eigenvalue weighted by Crippen LogP contribution is -2.43. The van der Waals surface area contributed by atoms with Crippen LogP contribution in [0, 0.1) is 13.8 Å². The molecule has 3 amide bonds. The normalized spacial score (nSPS) is 14.9. The van der Waals surface area contributed by atoms with E-state index >= 15 is 0 Å². The lowest BCUT2D eigenvalue weighted by atomic mass is 9.92. The van der Waals surface area contributed by atoms with Crippen LogP contribution in [0.25, 0.3) is 0 Å². The summed E-state index contributed by atoms with van der Waals surface area (Å²) in [5.74, 6) is -2.19. The Balaban J connectivity index is 1.31. The Labute approximate surface area is 268 Å². The number of hydrogen-bond donors (Lipinski definition) is 1. The van der Waals surface area contributed by atoms with Crippen LogP contribution in [0.2, 0.25) is 0 Å². The van der Waals surface area contributed by atoms with E-state index in [4.69, 9.17) is 9.57 Å². The number of ether oxygens (including phenoxy) is 1. The van der Waals surface area contributed by atoms with Crippen molar-refractivity contribution in [3.8, 4) is 11.6 Å². The van der Waals surface area contributed by atoms with Crippen LogP contribution in [0.15, 0.2) is 66.7 Å². The second kappa shape index (κ2) is 13.0. The third-order valence-corrected chi connectivity index (χ3v) is 8.28. The van der Waals surface area contributed by atoms with Crippen molar-refractivity contribution in [1.82, 2.24) is 20.6 Å². The summed E-state index contributed by atoms with van der Waals surface area (Å²) in [6.45, 7) is 3.67. The molecule has 12 heteroatoms. The highest BCUT2D eigenvalue weighted by molar-refractivity contribution is 6.20. The average Bonchev–Trinajstić information content (AvgIpc) is 3.29. The third kappa shape index (κ3) is 6.73. The van der Waals surface area contributed by atoms with Crippen molar-refractivity contribution in [3.63, 3.8) is 0 Å². The van der Waals surface area contributed by atoms with E-state index in [-0.39, 0.29) is 41.3 Å². The van der Waals surface area contributed by atoms with Gasteiger partial charge in [0.25, 0.3) is 23.6 Å². The Morgan fingerprint density at radius 1 is 0.936 bits per heavy atom. The first-order valence-electron chi connectivity index (χ1n) is 15.2. The first-order valence-corrected chi connectivity index (χ1v) is 15.2. The molecule has 0 saturated carbocycles. The van der Waals surface area contributed by atoms with Crippen molar-refractivity contribution in [2.24, 2.45) is 0 Å². The molecular formula is C35H31F3N4O5. The average molecular weight is 645 g/mol. The predicted molar refractivity (Wildman–Crippen MR) is 164 cm³/mol. The molecule has 0 fully saturated rings. The van der Waals surface area contributed by atoms with E-state index < -0.39 is 35.5 Å². The molecule has 0 unspecified atom stereocenters. The number of carbonyl (C=O) groups excluding carboxylic acids is 3. The van der Waals surface area contributed by atoms with Crippen LogP contribution in [0.3, 0.4) is 0 Å². The van der Waals surface area contributed by atoms with Crippen molar-refractivity contribution in [1.29, 1.82) is 0 Å². The molecule has 2 aliphatic rings. The van der Waals surface area contributed by atoms with Crippen LogP contribution < -0.4 is 10.1 Å². The van der Waals surface area contributed by atoms with Crippen molar-refractivity contribution in [2.75, 3.05) is 6.61 Å². The number of rotatable bonds is 9. The Kier molecular flexibility index (Phi) is 8.78. The number of alkyl halides is 3. The second-order valence-corrected chi connectivity index (χ2v) is 11.7. The van der Waals surface area contributed by atoms with E-state index in [2.05, 4.69) is 15.5 Å². The van der Waals surface area contributed by atoms with Gasteiger partial charge in [-0.15, -0.1) is 10.2 Å². The number of aryl methyl sites for hydroxylation is 3. The van der Waals surface area contributed by atoms with E-state index in [1.165, 1.54) is 12.1 Å². The van der Waals surface area contributed by atoms with Crippen LogP contribution in [-0.2, 0) is 30.3 Å². The third-order valence-electron chi connectivity index (χ3n) is 8.28. The van der Waals surface area contributed by atoms with Gasteiger partial charge in [-0.2, -0.15) is 18.3 Å². The molecule has 2 heterocycles. The topological polar surface area (TPSA) is 111 Å². The van der Waals surface area contributed by atoms with Gasteiger partial charge in [0.1, 0.15) is 11.3 Å². The molecule has 1 atom stereocenters. The summed E-state index contributed by atoms with van der Waals surface area (Å²) in [6.07, 6.45) is -1.61. The van der Waals surface area contributed by atoms with E-state index in [1.54, 1.807) is 24.3 Å². The Morgan fingerprint density at radius 3 is 2.36 bits per heavy atom. The van der Waals surface area contributed by atoms with Crippen molar-refractivity contribution in [2.45, 2.75) is 58.2 Å². The molecule has 0 radical (unpaired) electrons. The highest BCUT2D eigenvalue weighted by Gasteiger charge is 2.37. The summed E-state index contributed by atoms with van der Waals surface area (Å²) in [4.78, 5) is 45.9. The maximum atomic E-state index is 14.2. The van der Waals surface area contributed by atoms with Gasteiger partial charge in [-0.05, 0) is 93.0 Å². The Bertz CT molecular complexity index is 1840. The largest absolute Gasteiger partial charge is 0.437 e. The minimum atomic E-state index is -4.60. The Morgan fingerprint density at radius 2 is 1.66 bits per heavy atom.